The third kappa shape index (κ3) is 4.44. The third-order valence-corrected chi connectivity index (χ3v) is 5.54. The number of carbonyl (C=O) groups is 1. The van der Waals surface area contributed by atoms with Crippen LogP contribution >= 0.6 is 0 Å². The lowest BCUT2D eigenvalue weighted by molar-refractivity contribution is -0.0420. The number of ether oxygens (including phenoxy) is 1. The maximum atomic E-state index is 14.0. The Morgan fingerprint density at radius 1 is 1.16 bits per heavy atom. The number of rotatable bonds is 5. The topological polar surface area (TPSA) is 75.8 Å². The highest BCUT2D eigenvalue weighted by Crippen LogP contribution is 2.29. The van der Waals surface area contributed by atoms with Crippen molar-refractivity contribution in [3.8, 4) is 17.0 Å². The van der Waals surface area contributed by atoms with Crippen LogP contribution in [-0.2, 0) is 0 Å². The van der Waals surface area contributed by atoms with Gasteiger partial charge in [0.25, 0.3) is 5.91 Å². The largest absolute Gasteiger partial charge is 0.488 e. The van der Waals surface area contributed by atoms with Crippen molar-refractivity contribution < 1.29 is 27.9 Å². The van der Waals surface area contributed by atoms with E-state index in [2.05, 4.69) is 5.16 Å². The van der Waals surface area contributed by atoms with Crippen LogP contribution in [0.4, 0.5) is 8.78 Å². The number of amides is 1. The molecule has 2 aromatic carbocycles. The monoisotopic (exact) mass is 428 g/mol. The van der Waals surface area contributed by atoms with Gasteiger partial charge >= 0.3 is 0 Å². The predicted octanol–water partition coefficient (Wildman–Crippen LogP) is 4.05. The highest BCUT2D eigenvalue weighted by Gasteiger charge is 2.38. The Bertz CT molecular complexity index is 1070. The van der Waals surface area contributed by atoms with E-state index in [0.717, 1.165) is 6.42 Å². The van der Waals surface area contributed by atoms with E-state index in [1.165, 1.54) is 35.2 Å². The number of carbonyl (C=O) groups excluding carboxylic acids is 1. The average Bonchev–Trinajstić information content (AvgIpc) is 3.24. The zero-order valence-electron chi connectivity index (χ0n) is 16.9. The van der Waals surface area contributed by atoms with Gasteiger partial charge in [0, 0.05) is 24.7 Å². The fourth-order valence-corrected chi connectivity index (χ4v) is 3.88. The molecule has 1 heterocycles. The number of benzene rings is 2. The van der Waals surface area contributed by atoms with E-state index in [1.54, 1.807) is 31.3 Å². The van der Waals surface area contributed by atoms with Gasteiger partial charge in [0.15, 0.2) is 0 Å². The third-order valence-electron chi connectivity index (χ3n) is 5.54. The maximum Gasteiger partial charge on any atom is 0.292 e. The van der Waals surface area contributed by atoms with E-state index < -0.39 is 35.8 Å². The quantitative estimate of drug-likeness (QED) is 0.664. The van der Waals surface area contributed by atoms with Gasteiger partial charge in [-0.3, -0.25) is 4.79 Å². The molecule has 162 valence electrons. The number of hydrogen-bond donors (Lipinski definition) is 1. The van der Waals surface area contributed by atoms with Gasteiger partial charge in [0.05, 0.1) is 6.04 Å². The number of aromatic nitrogens is 1. The van der Waals surface area contributed by atoms with Gasteiger partial charge in [0.1, 0.15) is 35.3 Å². The number of aliphatic hydroxyl groups excluding tert-OH is 1. The molecule has 1 N–H and O–H groups in total. The minimum atomic E-state index is -0.972. The minimum Gasteiger partial charge on any atom is -0.488 e. The lowest BCUT2D eigenvalue weighted by Gasteiger charge is -2.39. The van der Waals surface area contributed by atoms with Crippen LogP contribution < -0.4 is 4.74 Å². The summed E-state index contributed by atoms with van der Waals surface area (Å²) < 4.78 is 38.4. The van der Waals surface area contributed by atoms with Gasteiger partial charge in [0.2, 0.25) is 5.76 Å². The van der Waals surface area contributed by atoms with Crippen LogP contribution in [0.15, 0.2) is 59.1 Å². The maximum absolute atomic E-state index is 14.0. The van der Waals surface area contributed by atoms with Gasteiger partial charge in [-0.2, -0.15) is 0 Å². The summed E-state index contributed by atoms with van der Waals surface area (Å²) in [5, 5.41) is 14.6. The molecule has 1 fully saturated rings. The Kier molecular flexibility index (Phi) is 5.99. The Morgan fingerprint density at radius 3 is 2.74 bits per heavy atom. The van der Waals surface area contributed by atoms with E-state index in [9.17, 15) is 18.7 Å². The van der Waals surface area contributed by atoms with Gasteiger partial charge < -0.3 is 19.3 Å². The van der Waals surface area contributed by atoms with Crippen LogP contribution in [0.5, 0.6) is 5.75 Å². The van der Waals surface area contributed by atoms with Crippen LogP contribution in [0.2, 0.25) is 0 Å². The highest BCUT2D eigenvalue weighted by atomic mass is 19.1. The molecule has 1 saturated carbocycles. The van der Waals surface area contributed by atoms with Crippen LogP contribution in [0.3, 0.4) is 0 Å². The summed E-state index contributed by atoms with van der Waals surface area (Å²) in [7, 11) is 1.56. The fraction of sp³-hybridized carbons (Fsp3) is 0.304. The molecule has 0 radical (unpaired) electrons. The standard InChI is InChI=1S/C23H22F2N2O4/c1-27(23(29)21-13-18(26-31-21)16-8-2-3-9-17(16)25)19-10-5-11-20(22(19)28)30-15-7-4-6-14(24)12-15/h2-4,6-9,12-13,19-20,22,28H,5,10-11H2,1H3/t19-,20-,22-/m1/s1. The Balaban J connectivity index is 1.47. The smallest absolute Gasteiger partial charge is 0.292 e. The second kappa shape index (κ2) is 8.85. The molecule has 1 aliphatic rings. The molecule has 0 aliphatic heterocycles. The van der Waals surface area contributed by atoms with Crippen LogP contribution in [0.1, 0.15) is 29.8 Å². The summed E-state index contributed by atoms with van der Waals surface area (Å²) >= 11 is 0. The fourth-order valence-electron chi connectivity index (χ4n) is 3.88. The molecule has 8 heteroatoms. The van der Waals surface area contributed by atoms with Crippen molar-refractivity contribution in [2.75, 3.05) is 7.05 Å². The van der Waals surface area contributed by atoms with E-state index >= 15 is 0 Å². The summed E-state index contributed by atoms with van der Waals surface area (Å²) in [6, 6.07) is 12.6. The van der Waals surface area contributed by atoms with Crippen molar-refractivity contribution in [3.05, 3.63) is 72.0 Å². The van der Waals surface area contributed by atoms with Crippen molar-refractivity contribution in [3.63, 3.8) is 0 Å². The summed E-state index contributed by atoms with van der Waals surface area (Å²) in [4.78, 5) is 14.3. The zero-order valence-corrected chi connectivity index (χ0v) is 16.9. The van der Waals surface area contributed by atoms with Gasteiger partial charge in [-0.15, -0.1) is 0 Å². The van der Waals surface area contributed by atoms with Crippen molar-refractivity contribution in [2.24, 2.45) is 0 Å². The molecule has 0 spiro atoms. The van der Waals surface area contributed by atoms with Crippen molar-refractivity contribution in [1.82, 2.24) is 10.1 Å². The number of halogens is 2. The summed E-state index contributed by atoms with van der Waals surface area (Å²) in [5.41, 5.74) is 0.445. The van der Waals surface area contributed by atoms with Crippen LogP contribution in [0, 0.1) is 11.6 Å². The molecule has 6 nitrogen and oxygen atoms in total. The Morgan fingerprint density at radius 2 is 1.97 bits per heavy atom. The molecular weight excluding hydrogens is 406 g/mol. The van der Waals surface area contributed by atoms with E-state index in [0.29, 0.717) is 18.6 Å². The lowest BCUT2D eigenvalue weighted by Crippen LogP contribution is -2.53. The molecule has 1 aliphatic carbocycles. The van der Waals surface area contributed by atoms with Gasteiger partial charge in [-0.25, -0.2) is 8.78 Å². The molecule has 0 bridgehead atoms. The Hall–Kier alpha value is -3.26. The molecule has 31 heavy (non-hydrogen) atoms. The molecule has 4 rings (SSSR count). The van der Waals surface area contributed by atoms with Gasteiger partial charge in [-0.1, -0.05) is 23.4 Å². The minimum absolute atomic E-state index is 0.0545. The molecule has 3 atom stereocenters. The van der Waals surface area contributed by atoms with E-state index in [-0.39, 0.29) is 17.0 Å². The molecule has 1 amide bonds. The summed E-state index contributed by atoms with van der Waals surface area (Å²) in [6.07, 6.45) is 0.312. The van der Waals surface area contributed by atoms with Gasteiger partial charge in [-0.05, 0) is 43.5 Å². The van der Waals surface area contributed by atoms with Crippen molar-refractivity contribution >= 4 is 5.91 Å². The highest BCUT2D eigenvalue weighted by molar-refractivity contribution is 5.92. The van der Waals surface area contributed by atoms with E-state index in [1.807, 2.05) is 0 Å². The molecule has 0 saturated heterocycles. The SMILES string of the molecule is CN(C(=O)c1cc(-c2ccccc2F)no1)[C@@H]1CCC[C@@H](Oc2cccc(F)c2)[C@@H]1O. The molecule has 0 unspecified atom stereocenters. The van der Waals surface area contributed by atoms with E-state index in [4.69, 9.17) is 9.26 Å². The first kappa shape index (κ1) is 21.0. The predicted molar refractivity (Wildman–Crippen MR) is 108 cm³/mol. The summed E-state index contributed by atoms with van der Waals surface area (Å²) in [5.74, 6) is -1.11. The number of likely N-dealkylation sites (N-methyl/N-ethyl adjacent to an activating group) is 1. The second-order valence-corrected chi connectivity index (χ2v) is 7.57. The molecule has 1 aromatic heterocycles. The first-order valence-electron chi connectivity index (χ1n) is 10.0. The van der Waals surface area contributed by atoms with Crippen LogP contribution in [-0.4, -0.2) is 46.4 Å². The van der Waals surface area contributed by atoms with Crippen molar-refractivity contribution in [2.45, 2.75) is 37.5 Å². The Labute approximate surface area is 178 Å². The molecule has 3 aromatic rings. The molecular formula is C23H22F2N2O4. The summed E-state index contributed by atoms with van der Waals surface area (Å²) in [6.45, 7) is 0. The number of aliphatic hydroxyl groups is 1. The van der Waals surface area contributed by atoms with Crippen molar-refractivity contribution in [1.29, 1.82) is 0 Å². The number of nitrogens with zero attached hydrogens (tertiary/aromatic N) is 2. The lowest BCUT2D eigenvalue weighted by atomic mass is 9.88. The number of hydrogen-bond acceptors (Lipinski definition) is 5. The first-order chi connectivity index (χ1) is 14.9. The first-order valence-corrected chi connectivity index (χ1v) is 10.0. The average molecular weight is 428 g/mol. The second-order valence-electron chi connectivity index (χ2n) is 7.57. The normalized spacial score (nSPS) is 21.0. The van der Waals surface area contributed by atoms with Crippen LogP contribution in [0.25, 0.3) is 11.3 Å². The zero-order chi connectivity index (χ0) is 22.0.